The molecule has 1 heterocycles. The topological polar surface area (TPSA) is 62.7 Å². The molecule has 0 unspecified atom stereocenters. The molecule has 0 bridgehead atoms. The molecule has 2 rings (SSSR count). The number of anilines is 2. The third kappa shape index (κ3) is 4.84. The maximum atomic E-state index is 10.6. The number of hydrogen-bond donors (Lipinski definition) is 1. The van der Waals surface area contributed by atoms with Gasteiger partial charge in [0.15, 0.2) is 0 Å². The SMILES string of the molecule is CCCOc1cccc(N(CC)c2ccc(/C=C/C(=O)O)cn2)c1. The fraction of sp³-hybridized carbons (Fsp3) is 0.263. The number of pyridine rings is 1. The van der Waals surface area contributed by atoms with Gasteiger partial charge in [-0.05, 0) is 49.2 Å². The molecule has 1 aromatic carbocycles. The van der Waals surface area contributed by atoms with E-state index in [4.69, 9.17) is 9.84 Å². The highest BCUT2D eigenvalue weighted by atomic mass is 16.5. The van der Waals surface area contributed by atoms with Crippen LogP contribution in [0.4, 0.5) is 11.5 Å². The highest BCUT2D eigenvalue weighted by Gasteiger charge is 2.09. The highest BCUT2D eigenvalue weighted by Crippen LogP contribution is 2.27. The van der Waals surface area contributed by atoms with E-state index in [9.17, 15) is 4.79 Å². The van der Waals surface area contributed by atoms with Gasteiger partial charge in [-0.3, -0.25) is 0 Å². The van der Waals surface area contributed by atoms with Crippen molar-refractivity contribution in [1.82, 2.24) is 4.98 Å². The molecular weight excluding hydrogens is 304 g/mol. The second-order valence-electron chi connectivity index (χ2n) is 5.21. The normalized spacial score (nSPS) is 10.8. The summed E-state index contributed by atoms with van der Waals surface area (Å²) in [5.74, 6) is 0.671. The number of nitrogens with zero attached hydrogens (tertiary/aromatic N) is 2. The van der Waals surface area contributed by atoms with E-state index in [0.29, 0.717) is 6.61 Å². The Morgan fingerprint density at radius 2 is 2.12 bits per heavy atom. The Kier molecular flexibility index (Phi) is 6.37. The van der Waals surface area contributed by atoms with Gasteiger partial charge in [0.05, 0.1) is 6.61 Å². The van der Waals surface area contributed by atoms with Crippen LogP contribution in [0.25, 0.3) is 6.08 Å². The number of ether oxygens (including phenoxy) is 1. The molecular formula is C19H22N2O3. The van der Waals surface area contributed by atoms with Gasteiger partial charge in [0.2, 0.25) is 0 Å². The molecule has 0 aliphatic heterocycles. The lowest BCUT2D eigenvalue weighted by atomic mass is 10.2. The van der Waals surface area contributed by atoms with Gasteiger partial charge in [-0.15, -0.1) is 0 Å². The Bertz CT molecular complexity index is 696. The summed E-state index contributed by atoms with van der Waals surface area (Å²) in [5, 5.41) is 8.66. The molecule has 126 valence electrons. The minimum absolute atomic E-state index is 0.693. The van der Waals surface area contributed by atoms with E-state index < -0.39 is 5.97 Å². The van der Waals surface area contributed by atoms with Crippen molar-refractivity contribution in [2.75, 3.05) is 18.1 Å². The smallest absolute Gasteiger partial charge is 0.328 e. The highest BCUT2D eigenvalue weighted by molar-refractivity contribution is 5.85. The van der Waals surface area contributed by atoms with Crippen LogP contribution in [0.5, 0.6) is 5.75 Å². The van der Waals surface area contributed by atoms with E-state index in [2.05, 4.69) is 23.7 Å². The summed E-state index contributed by atoms with van der Waals surface area (Å²) in [5.41, 5.74) is 1.75. The zero-order valence-electron chi connectivity index (χ0n) is 14.0. The summed E-state index contributed by atoms with van der Waals surface area (Å²) in [7, 11) is 0. The Labute approximate surface area is 142 Å². The molecule has 0 radical (unpaired) electrons. The largest absolute Gasteiger partial charge is 0.494 e. The van der Waals surface area contributed by atoms with E-state index in [-0.39, 0.29) is 0 Å². The summed E-state index contributed by atoms with van der Waals surface area (Å²) in [4.78, 5) is 17.1. The van der Waals surface area contributed by atoms with Crippen LogP contribution in [0.2, 0.25) is 0 Å². The van der Waals surface area contributed by atoms with Crippen LogP contribution in [-0.4, -0.2) is 29.2 Å². The van der Waals surface area contributed by atoms with Crippen LogP contribution in [-0.2, 0) is 4.79 Å². The van der Waals surface area contributed by atoms with Gasteiger partial charge in [-0.1, -0.05) is 13.0 Å². The average Bonchev–Trinajstić information content (AvgIpc) is 2.60. The maximum absolute atomic E-state index is 10.6. The van der Waals surface area contributed by atoms with Crippen LogP contribution in [0, 0.1) is 0 Å². The van der Waals surface area contributed by atoms with E-state index in [1.54, 1.807) is 6.20 Å². The number of carboxylic acid groups (broad SMARTS) is 1. The molecule has 5 heteroatoms. The summed E-state index contributed by atoms with van der Waals surface area (Å²) < 4.78 is 5.69. The number of rotatable bonds is 8. The fourth-order valence-corrected chi connectivity index (χ4v) is 2.26. The minimum Gasteiger partial charge on any atom is -0.494 e. The zero-order valence-corrected chi connectivity index (χ0v) is 14.0. The van der Waals surface area contributed by atoms with Crippen LogP contribution < -0.4 is 9.64 Å². The maximum Gasteiger partial charge on any atom is 0.328 e. The number of aromatic nitrogens is 1. The lowest BCUT2D eigenvalue weighted by molar-refractivity contribution is -0.131. The van der Waals surface area contributed by atoms with Crippen LogP contribution in [0.3, 0.4) is 0 Å². The number of carboxylic acids is 1. The van der Waals surface area contributed by atoms with Crippen LogP contribution >= 0.6 is 0 Å². The summed E-state index contributed by atoms with van der Waals surface area (Å²) in [6.45, 7) is 5.58. The molecule has 0 aliphatic carbocycles. The average molecular weight is 326 g/mol. The predicted molar refractivity (Wildman–Crippen MR) is 95.8 cm³/mol. The Hall–Kier alpha value is -2.82. The van der Waals surface area contributed by atoms with Crippen molar-refractivity contribution in [1.29, 1.82) is 0 Å². The Morgan fingerprint density at radius 1 is 1.29 bits per heavy atom. The van der Waals surface area contributed by atoms with Crippen LogP contribution in [0.1, 0.15) is 25.8 Å². The van der Waals surface area contributed by atoms with Gasteiger partial charge >= 0.3 is 5.97 Å². The van der Waals surface area contributed by atoms with Gasteiger partial charge in [0.25, 0.3) is 0 Å². The minimum atomic E-state index is -0.974. The molecule has 0 atom stereocenters. The van der Waals surface area contributed by atoms with Gasteiger partial charge < -0.3 is 14.7 Å². The molecule has 0 aliphatic rings. The van der Waals surface area contributed by atoms with Gasteiger partial charge in [0, 0.05) is 30.6 Å². The first-order valence-electron chi connectivity index (χ1n) is 8.01. The molecule has 5 nitrogen and oxygen atoms in total. The molecule has 1 aromatic heterocycles. The number of benzene rings is 1. The van der Waals surface area contributed by atoms with Crippen molar-refractivity contribution < 1.29 is 14.6 Å². The van der Waals surface area contributed by atoms with Gasteiger partial charge in [0.1, 0.15) is 11.6 Å². The summed E-state index contributed by atoms with van der Waals surface area (Å²) in [6, 6.07) is 11.7. The van der Waals surface area contributed by atoms with Crippen molar-refractivity contribution in [3.05, 3.63) is 54.2 Å². The van der Waals surface area contributed by atoms with E-state index in [1.807, 2.05) is 36.4 Å². The Morgan fingerprint density at radius 3 is 2.75 bits per heavy atom. The second-order valence-corrected chi connectivity index (χ2v) is 5.21. The molecule has 0 saturated heterocycles. The quantitative estimate of drug-likeness (QED) is 0.739. The summed E-state index contributed by atoms with van der Waals surface area (Å²) >= 11 is 0. The van der Waals surface area contributed by atoms with E-state index >= 15 is 0 Å². The first kappa shape index (κ1) is 17.5. The van der Waals surface area contributed by atoms with Crippen molar-refractivity contribution in [2.45, 2.75) is 20.3 Å². The van der Waals surface area contributed by atoms with E-state index in [1.165, 1.54) is 6.08 Å². The second kappa shape index (κ2) is 8.72. The molecule has 1 N–H and O–H groups in total. The molecule has 0 saturated carbocycles. The van der Waals surface area contributed by atoms with Crippen LogP contribution in [0.15, 0.2) is 48.7 Å². The number of hydrogen-bond acceptors (Lipinski definition) is 4. The fourth-order valence-electron chi connectivity index (χ4n) is 2.26. The van der Waals surface area contributed by atoms with Gasteiger partial charge in [-0.25, -0.2) is 9.78 Å². The van der Waals surface area contributed by atoms with Crippen molar-refractivity contribution in [3.63, 3.8) is 0 Å². The lowest BCUT2D eigenvalue weighted by Gasteiger charge is -2.22. The molecule has 0 fully saturated rings. The number of aliphatic carboxylic acids is 1. The number of carbonyl (C=O) groups is 1. The molecule has 2 aromatic rings. The third-order valence-electron chi connectivity index (χ3n) is 3.38. The Balaban J connectivity index is 2.20. The zero-order chi connectivity index (χ0) is 17.4. The summed E-state index contributed by atoms with van der Waals surface area (Å²) in [6.07, 6.45) is 5.25. The van der Waals surface area contributed by atoms with Crippen molar-refractivity contribution in [2.24, 2.45) is 0 Å². The monoisotopic (exact) mass is 326 g/mol. The first-order valence-corrected chi connectivity index (χ1v) is 8.01. The lowest BCUT2D eigenvalue weighted by Crippen LogP contribution is -2.17. The predicted octanol–water partition coefficient (Wildman–Crippen LogP) is 4.13. The standard InChI is InChI=1S/C19H22N2O3/c1-3-12-24-17-7-5-6-16(13-17)21(4-2)18-10-8-15(14-20-18)9-11-19(22)23/h5-11,13-14H,3-4,12H2,1-2H3,(H,22,23)/b11-9+. The first-order chi connectivity index (χ1) is 11.6. The molecule has 0 amide bonds. The van der Waals surface area contributed by atoms with Crippen molar-refractivity contribution >= 4 is 23.6 Å². The third-order valence-corrected chi connectivity index (χ3v) is 3.38. The van der Waals surface area contributed by atoms with Crippen molar-refractivity contribution in [3.8, 4) is 5.75 Å². The molecule has 24 heavy (non-hydrogen) atoms. The molecule has 0 spiro atoms. The van der Waals surface area contributed by atoms with Gasteiger partial charge in [-0.2, -0.15) is 0 Å². The van der Waals surface area contributed by atoms with E-state index in [0.717, 1.165) is 41.9 Å².